The summed E-state index contributed by atoms with van der Waals surface area (Å²) in [6, 6.07) is 74.1. The lowest BCUT2D eigenvalue weighted by atomic mass is 9.99. The number of aromatic nitrogens is 1. The van der Waals surface area contributed by atoms with E-state index in [-0.39, 0.29) is 0 Å². The molecular weight excluding hydrogens is 669 g/mol. The van der Waals surface area contributed by atoms with Crippen LogP contribution in [-0.2, 0) is 0 Å². The highest BCUT2D eigenvalue weighted by Gasteiger charge is 2.22. The fourth-order valence-electron chi connectivity index (χ4n) is 8.36. The molecule has 0 aliphatic heterocycles. The molecule has 0 aliphatic rings. The van der Waals surface area contributed by atoms with Gasteiger partial charge in [0.25, 0.3) is 0 Å². The highest BCUT2D eigenvalue weighted by Crippen LogP contribution is 2.44. The van der Waals surface area contributed by atoms with E-state index >= 15 is 0 Å². The van der Waals surface area contributed by atoms with E-state index in [1.807, 2.05) is 12.1 Å². The van der Waals surface area contributed by atoms with Gasteiger partial charge in [-0.1, -0.05) is 133 Å². The Morgan fingerprint density at radius 2 is 1.02 bits per heavy atom. The molecule has 0 radical (unpaired) electrons. The smallest absolute Gasteiger partial charge is 0.136 e. The van der Waals surface area contributed by atoms with Crippen LogP contribution in [0.15, 0.2) is 211 Å². The average Bonchev–Trinajstić information content (AvgIpc) is 3.79. The number of para-hydroxylation sites is 4. The maximum atomic E-state index is 6.25. The van der Waals surface area contributed by atoms with Crippen molar-refractivity contribution >= 4 is 71.6 Å². The molecule has 3 heteroatoms. The van der Waals surface area contributed by atoms with Crippen molar-refractivity contribution in [3.05, 3.63) is 206 Å². The Bertz CT molecular complexity index is 3190. The van der Waals surface area contributed by atoms with Gasteiger partial charge in [-0.3, -0.25) is 0 Å². The lowest BCUT2D eigenvalue weighted by Gasteiger charge is -2.28. The normalized spacial score (nSPS) is 11.6. The lowest BCUT2D eigenvalue weighted by molar-refractivity contribution is 0.669. The van der Waals surface area contributed by atoms with Gasteiger partial charge in [0, 0.05) is 38.6 Å². The lowest BCUT2D eigenvalue weighted by Crippen LogP contribution is -2.11. The molecule has 0 fully saturated rings. The molecule has 3 nitrogen and oxygen atoms in total. The number of rotatable bonds is 6. The predicted octanol–water partition coefficient (Wildman–Crippen LogP) is 14.6. The summed E-state index contributed by atoms with van der Waals surface area (Å²) in [5, 5.41) is 7.11. The molecule has 0 aliphatic carbocycles. The molecule has 0 amide bonds. The van der Waals surface area contributed by atoms with E-state index < -0.39 is 0 Å². The summed E-state index contributed by atoms with van der Waals surface area (Å²) in [4.78, 5) is 2.41. The second-order valence-electron chi connectivity index (χ2n) is 14.2. The Hall–Kier alpha value is -7.36. The van der Waals surface area contributed by atoms with E-state index in [1.54, 1.807) is 0 Å². The van der Waals surface area contributed by atoms with Crippen molar-refractivity contribution in [3.8, 4) is 27.9 Å². The molecule has 2 aromatic heterocycles. The van der Waals surface area contributed by atoms with Crippen molar-refractivity contribution in [1.29, 1.82) is 0 Å². The Balaban J connectivity index is 1.09. The first kappa shape index (κ1) is 31.2. The first-order valence-corrected chi connectivity index (χ1v) is 18.8. The second-order valence-corrected chi connectivity index (χ2v) is 14.2. The Morgan fingerprint density at radius 3 is 1.87 bits per heavy atom. The largest absolute Gasteiger partial charge is 0.456 e. The monoisotopic (exact) mass is 702 g/mol. The van der Waals surface area contributed by atoms with Crippen molar-refractivity contribution < 1.29 is 4.42 Å². The number of benzene rings is 9. The zero-order valence-corrected chi connectivity index (χ0v) is 29.9. The first-order valence-electron chi connectivity index (χ1n) is 18.8. The van der Waals surface area contributed by atoms with E-state index in [0.29, 0.717) is 0 Å². The number of hydrogen-bond acceptors (Lipinski definition) is 2. The van der Waals surface area contributed by atoms with Crippen molar-refractivity contribution in [2.24, 2.45) is 0 Å². The second kappa shape index (κ2) is 12.6. The van der Waals surface area contributed by atoms with Gasteiger partial charge in [-0.2, -0.15) is 0 Å². The van der Waals surface area contributed by atoms with Crippen LogP contribution in [0.3, 0.4) is 0 Å². The number of fused-ring (bicyclic) bond motifs is 7. The minimum Gasteiger partial charge on any atom is -0.456 e. The van der Waals surface area contributed by atoms with Crippen molar-refractivity contribution in [3.63, 3.8) is 0 Å². The summed E-state index contributed by atoms with van der Waals surface area (Å²) in [6.07, 6.45) is 0. The van der Waals surface area contributed by atoms with Gasteiger partial charge in [-0.25, -0.2) is 0 Å². The zero-order chi connectivity index (χ0) is 36.3. The number of hydrogen-bond donors (Lipinski definition) is 0. The maximum absolute atomic E-state index is 6.25. The quantitative estimate of drug-likeness (QED) is 0.172. The first-order chi connectivity index (χ1) is 27.3. The van der Waals surface area contributed by atoms with Gasteiger partial charge in [0.1, 0.15) is 11.2 Å². The molecule has 9 aromatic carbocycles. The molecule has 2 heterocycles. The van der Waals surface area contributed by atoms with Gasteiger partial charge >= 0.3 is 0 Å². The van der Waals surface area contributed by atoms with Crippen LogP contribution in [0, 0.1) is 0 Å². The van der Waals surface area contributed by atoms with Crippen LogP contribution in [0.1, 0.15) is 0 Å². The van der Waals surface area contributed by atoms with E-state index in [2.05, 4.69) is 204 Å². The molecule has 0 saturated carbocycles. The summed E-state index contributed by atoms with van der Waals surface area (Å²) < 4.78 is 8.66. The van der Waals surface area contributed by atoms with Gasteiger partial charge in [0.15, 0.2) is 0 Å². The molecule has 11 rings (SSSR count). The third-order valence-corrected chi connectivity index (χ3v) is 10.9. The van der Waals surface area contributed by atoms with Crippen molar-refractivity contribution in [1.82, 2.24) is 4.57 Å². The molecule has 0 N–H and O–H groups in total. The minimum atomic E-state index is 0.914. The number of nitrogens with zero attached hydrogens (tertiary/aromatic N) is 2. The molecule has 0 bridgehead atoms. The SMILES string of the molecule is c1ccc(-c2cccc(N(c3ccc(-c4ccc5cc6c(cc5c4)oc4ccccc46)cc3)c3cccc4c5ccccc5n(-c5ccccc5)c34)c2)cc1. The standard InChI is InChI=1S/C52H34N2O/c1-3-13-35(14-4-1)37-15-11-18-43(32-37)53(49-23-12-21-46-44-19-7-9-22-48(44)54(52(46)49)41-16-5-2-6-17-41)42-29-27-36(28-30-42)38-25-26-39-33-47-45-20-8-10-24-50(45)55-51(47)34-40(39)31-38/h1-34H. The van der Waals surface area contributed by atoms with Crippen LogP contribution in [-0.4, -0.2) is 4.57 Å². The van der Waals surface area contributed by atoms with E-state index in [0.717, 1.165) is 61.2 Å². The number of anilines is 3. The fourth-order valence-corrected chi connectivity index (χ4v) is 8.36. The third-order valence-electron chi connectivity index (χ3n) is 10.9. The van der Waals surface area contributed by atoms with Crippen LogP contribution in [0.2, 0.25) is 0 Å². The molecule has 0 spiro atoms. The van der Waals surface area contributed by atoms with Crippen molar-refractivity contribution in [2.75, 3.05) is 4.90 Å². The summed E-state index contributed by atoms with van der Waals surface area (Å²) >= 11 is 0. The number of furan rings is 1. The maximum Gasteiger partial charge on any atom is 0.136 e. The van der Waals surface area contributed by atoms with Gasteiger partial charge in [-0.15, -0.1) is 0 Å². The van der Waals surface area contributed by atoms with Crippen LogP contribution >= 0.6 is 0 Å². The van der Waals surface area contributed by atoms with E-state index in [1.165, 1.54) is 38.4 Å². The Labute approximate surface area is 318 Å². The summed E-state index contributed by atoms with van der Waals surface area (Å²) in [5.41, 5.74) is 13.3. The highest BCUT2D eigenvalue weighted by molar-refractivity contribution is 6.14. The molecule has 11 aromatic rings. The molecule has 0 atom stereocenters. The summed E-state index contributed by atoms with van der Waals surface area (Å²) in [6.45, 7) is 0. The average molecular weight is 703 g/mol. The van der Waals surface area contributed by atoms with Gasteiger partial charge < -0.3 is 13.9 Å². The zero-order valence-electron chi connectivity index (χ0n) is 29.9. The summed E-state index contributed by atoms with van der Waals surface area (Å²) in [7, 11) is 0. The van der Waals surface area contributed by atoms with Crippen LogP contribution in [0.5, 0.6) is 0 Å². The molecule has 0 unspecified atom stereocenters. The molecule has 55 heavy (non-hydrogen) atoms. The van der Waals surface area contributed by atoms with Crippen LogP contribution in [0.25, 0.3) is 82.5 Å². The molecule has 0 saturated heterocycles. The topological polar surface area (TPSA) is 21.3 Å². The van der Waals surface area contributed by atoms with E-state index in [9.17, 15) is 0 Å². The van der Waals surface area contributed by atoms with Crippen molar-refractivity contribution in [2.45, 2.75) is 0 Å². The molecular formula is C52H34N2O. The van der Waals surface area contributed by atoms with Gasteiger partial charge in [0.2, 0.25) is 0 Å². The van der Waals surface area contributed by atoms with Crippen LogP contribution < -0.4 is 4.90 Å². The summed E-state index contributed by atoms with van der Waals surface area (Å²) in [5.74, 6) is 0. The Kier molecular flexibility index (Phi) is 7.17. The van der Waals surface area contributed by atoms with Gasteiger partial charge in [0.05, 0.1) is 16.7 Å². The minimum absolute atomic E-state index is 0.914. The molecule has 258 valence electrons. The third kappa shape index (κ3) is 5.20. The van der Waals surface area contributed by atoms with Crippen LogP contribution in [0.4, 0.5) is 17.1 Å². The fraction of sp³-hybridized carbons (Fsp3) is 0. The van der Waals surface area contributed by atoms with Gasteiger partial charge in [-0.05, 0) is 106 Å². The van der Waals surface area contributed by atoms with E-state index in [4.69, 9.17) is 4.42 Å². The predicted molar refractivity (Wildman–Crippen MR) is 231 cm³/mol. The highest BCUT2D eigenvalue weighted by atomic mass is 16.3. The Morgan fingerprint density at radius 1 is 0.364 bits per heavy atom.